The molecule has 0 aliphatic carbocycles. The number of aromatic nitrogens is 1. The number of carbonyl (C=O) groups excluding carboxylic acids is 1. The van der Waals surface area contributed by atoms with E-state index >= 15 is 0 Å². The number of thiazole rings is 1. The Morgan fingerprint density at radius 1 is 1.48 bits per heavy atom. The Morgan fingerprint density at radius 2 is 2.24 bits per heavy atom. The number of nitrogens with zero attached hydrogens (tertiary/aromatic N) is 1. The van der Waals surface area contributed by atoms with E-state index in [9.17, 15) is 9.59 Å². The van der Waals surface area contributed by atoms with Crippen LogP contribution < -0.4 is 10.6 Å². The fourth-order valence-electron chi connectivity index (χ4n) is 1.51. The Morgan fingerprint density at radius 3 is 2.81 bits per heavy atom. The first-order valence-corrected chi connectivity index (χ1v) is 8.47. The van der Waals surface area contributed by atoms with E-state index in [2.05, 4.69) is 31.5 Å². The molecule has 2 aromatic heterocycles. The third-order valence-corrected chi connectivity index (χ3v) is 5.51. The maximum Gasteiger partial charge on any atom is 0.355 e. The van der Waals surface area contributed by atoms with Gasteiger partial charge >= 0.3 is 12.0 Å². The van der Waals surface area contributed by atoms with Crippen molar-refractivity contribution in [2.45, 2.75) is 19.5 Å². The highest BCUT2D eigenvalue weighted by molar-refractivity contribution is 9.10. The van der Waals surface area contributed by atoms with Gasteiger partial charge in [0.1, 0.15) is 5.01 Å². The second-order valence-corrected chi connectivity index (χ2v) is 6.86. The minimum atomic E-state index is -1.07. The van der Waals surface area contributed by atoms with Crippen LogP contribution in [0.4, 0.5) is 4.79 Å². The molecule has 6 nitrogen and oxygen atoms in total. The van der Waals surface area contributed by atoms with Crippen LogP contribution in [0.5, 0.6) is 0 Å². The van der Waals surface area contributed by atoms with Crippen LogP contribution in [0.1, 0.15) is 33.3 Å². The number of amides is 2. The van der Waals surface area contributed by atoms with Gasteiger partial charge in [-0.15, -0.1) is 22.7 Å². The van der Waals surface area contributed by atoms with E-state index in [0.29, 0.717) is 11.6 Å². The van der Waals surface area contributed by atoms with Gasteiger partial charge in [0.15, 0.2) is 5.69 Å². The van der Waals surface area contributed by atoms with Gasteiger partial charge in [-0.2, -0.15) is 0 Å². The van der Waals surface area contributed by atoms with Gasteiger partial charge < -0.3 is 15.7 Å². The molecule has 0 spiro atoms. The van der Waals surface area contributed by atoms with E-state index in [-0.39, 0.29) is 17.8 Å². The molecule has 0 radical (unpaired) electrons. The Bertz CT molecular complexity index is 656. The third kappa shape index (κ3) is 4.26. The minimum Gasteiger partial charge on any atom is -0.476 e. The molecule has 1 unspecified atom stereocenters. The number of thiophene rings is 1. The highest BCUT2D eigenvalue weighted by atomic mass is 79.9. The summed E-state index contributed by atoms with van der Waals surface area (Å²) in [4.78, 5) is 27.6. The maximum absolute atomic E-state index is 11.8. The van der Waals surface area contributed by atoms with Gasteiger partial charge in [-0.1, -0.05) is 0 Å². The number of rotatable bonds is 5. The number of hydrogen-bond acceptors (Lipinski definition) is 5. The monoisotopic (exact) mass is 389 g/mol. The van der Waals surface area contributed by atoms with Gasteiger partial charge in [0.25, 0.3) is 0 Å². The molecule has 0 bridgehead atoms. The molecule has 3 N–H and O–H groups in total. The summed E-state index contributed by atoms with van der Waals surface area (Å²) in [6.45, 7) is 2.18. The standard InChI is InChI=1S/C12H12BrN3O3S2/c1-6(10-16-8(5-21-10)11(17)18)15-12(19)14-4-9-7(13)2-3-20-9/h2-3,5-6H,4H2,1H3,(H,17,18)(H2,14,15,19). The van der Waals surface area contributed by atoms with Gasteiger partial charge in [0.05, 0.1) is 12.6 Å². The fourth-order valence-corrected chi connectivity index (χ4v) is 3.74. The number of urea groups is 1. The number of carboxylic acid groups (broad SMARTS) is 1. The molecule has 2 aromatic rings. The van der Waals surface area contributed by atoms with E-state index in [1.165, 1.54) is 16.7 Å². The van der Waals surface area contributed by atoms with Gasteiger partial charge in [0, 0.05) is 14.7 Å². The molecule has 0 saturated heterocycles. The van der Waals surface area contributed by atoms with Crippen molar-refractivity contribution in [1.29, 1.82) is 0 Å². The number of nitrogens with one attached hydrogen (secondary N) is 2. The normalized spacial score (nSPS) is 11.9. The molecule has 0 saturated carbocycles. The van der Waals surface area contributed by atoms with Crippen molar-refractivity contribution >= 4 is 50.6 Å². The summed E-state index contributed by atoms with van der Waals surface area (Å²) in [5.74, 6) is -1.07. The van der Waals surface area contributed by atoms with Crippen molar-refractivity contribution in [2.75, 3.05) is 0 Å². The zero-order chi connectivity index (χ0) is 15.4. The van der Waals surface area contributed by atoms with E-state index in [4.69, 9.17) is 5.11 Å². The lowest BCUT2D eigenvalue weighted by molar-refractivity contribution is 0.0691. The molecular weight excluding hydrogens is 378 g/mol. The van der Waals surface area contributed by atoms with Crippen molar-refractivity contribution in [1.82, 2.24) is 15.6 Å². The molecule has 21 heavy (non-hydrogen) atoms. The lowest BCUT2D eigenvalue weighted by Crippen LogP contribution is -2.36. The number of halogens is 1. The second kappa shape index (κ2) is 7.01. The smallest absolute Gasteiger partial charge is 0.355 e. The zero-order valence-corrected chi connectivity index (χ0v) is 14.1. The maximum atomic E-state index is 11.8. The largest absolute Gasteiger partial charge is 0.476 e. The molecule has 0 aliphatic rings. The predicted octanol–water partition coefficient (Wildman–Crippen LogP) is 3.23. The topological polar surface area (TPSA) is 91.3 Å². The van der Waals surface area contributed by atoms with Crippen LogP contribution in [0.2, 0.25) is 0 Å². The molecule has 2 heterocycles. The van der Waals surface area contributed by atoms with Crippen LogP contribution >= 0.6 is 38.6 Å². The molecule has 0 fully saturated rings. The van der Waals surface area contributed by atoms with Crippen LogP contribution in [0.3, 0.4) is 0 Å². The molecular formula is C12H12BrN3O3S2. The molecule has 2 rings (SSSR count). The number of carboxylic acids is 1. The Kier molecular flexibility index (Phi) is 5.32. The van der Waals surface area contributed by atoms with Crippen LogP contribution in [0.15, 0.2) is 21.3 Å². The van der Waals surface area contributed by atoms with Gasteiger partial charge in [0.2, 0.25) is 0 Å². The van der Waals surface area contributed by atoms with Crippen molar-refractivity contribution < 1.29 is 14.7 Å². The first-order valence-electron chi connectivity index (χ1n) is 5.92. The van der Waals surface area contributed by atoms with E-state index in [1.54, 1.807) is 18.3 Å². The molecule has 112 valence electrons. The highest BCUT2D eigenvalue weighted by Gasteiger charge is 2.16. The van der Waals surface area contributed by atoms with Crippen LogP contribution in [0, 0.1) is 0 Å². The van der Waals surface area contributed by atoms with Gasteiger partial charge in [-0.05, 0) is 34.3 Å². The SMILES string of the molecule is CC(NC(=O)NCc1sccc1Br)c1nc(C(=O)O)cs1. The van der Waals surface area contributed by atoms with Crippen LogP contribution in [-0.2, 0) is 6.54 Å². The van der Waals surface area contributed by atoms with Crippen molar-refractivity contribution in [3.63, 3.8) is 0 Å². The quantitative estimate of drug-likeness (QED) is 0.731. The fraction of sp³-hybridized carbons (Fsp3) is 0.250. The highest BCUT2D eigenvalue weighted by Crippen LogP contribution is 2.22. The zero-order valence-electron chi connectivity index (χ0n) is 10.9. The van der Waals surface area contributed by atoms with Crippen molar-refractivity contribution in [2.24, 2.45) is 0 Å². The summed E-state index contributed by atoms with van der Waals surface area (Å²) < 4.78 is 0.965. The van der Waals surface area contributed by atoms with Crippen molar-refractivity contribution in [3.05, 3.63) is 36.9 Å². The van der Waals surface area contributed by atoms with Gasteiger partial charge in [-0.25, -0.2) is 14.6 Å². The number of hydrogen-bond donors (Lipinski definition) is 3. The predicted molar refractivity (Wildman–Crippen MR) is 84.9 cm³/mol. The molecule has 0 aliphatic heterocycles. The van der Waals surface area contributed by atoms with E-state index in [0.717, 1.165) is 9.35 Å². The molecule has 0 aromatic carbocycles. The Hall–Kier alpha value is -1.45. The average Bonchev–Trinajstić information content (AvgIpc) is 3.05. The molecule has 9 heteroatoms. The second-order valence-electron chi connectivity index (χ2n) is 4.12. The average molecular weight is 390 g/mol. The summed E-state index contributed by atoms with van der Waals surface area (Å²) in [6.07, 6.45) is 0. The summed E-state index contributed by atoms with van der Waals surface area (Å²) >= 11 is 6.15. The van der Waals surface area contributed by atoms with Gasteiger partial charge in [-0.3, -0.25) is 0 Å². The third-order valence-electron chi connectivity index (χ3n) is 2.56. The Balaban J connectivity index is 1.86. The molecule has 1 atom stereocenters. The van der Waals surface area contributed by atoms with Crippen LogP contribution in [-0.4, -0.2) is 22.1 Å². The van der Waals surface area contributed by atoms with E-state index in [1.807, 2.05) is 11.4 Å². The lowest BCUT2D eigenvalue weighted by atomic mass is 10.3. The van der Waals surface area contributed by atoms with Crippen LogP contribution in [0.25, 0.3) is 0 Å². The minimum absolute atomic E-state index is 0.00780. The van der Waals surface area contributed by atoms with Crippen molar-refractivity contribution in [3.8, 4) is 0 Å². The summed E-state index contributed by atoms with van der Waals surface area (Å²) in [5, 5.41) is 18.2. The van der Waals surface area contributed by atoms with E-state index < -0.39 is 5.97 Å². The first kappa shape index (κ1) is 15.9. The number of aromatic carboxylic acids is 1. The summed E-state index contributed by atoms with van der Waals surface area (Å²) in [7, 11) is 0. The number of carbonyl (C=O) groups is 2. The summed E-state index contributed by atoms with van der Waals surface area (Å²) in [5.41, 5.74) is -0.00780. The lowest BCUT2D eigenvalue weighted by Gasteiger charge is -2.12. The first-order chi connectivity index (χ1) is 9.97. The Labute approximate surface area is 137 Å². The summed E-state index contributed by atoms with van der Waals surface area (Å²) in [6, 6.07) is 1.25. The molecule has 2 amide bonds.